The van der Waals surface area contributed by atoms with Crippen LogP contribution in [0.5, 0.6) is 0 Å². The third-order valence-corrected chi connectivity index (χ3v) is 3.53. The maximum atomic E-state index is 13.3. The number of hydrogen-bond acceptors (Lipinski definition) is 3. The van der Waals surface area contributed by atoms with Crippen molar-refractivity contribution >= 4 is 17.7 Å². The first-order valence-electron chi connectivity index (χ1n) is 8.34. The zero-order chi connectivity index (χ0) is 20.2. The molecule has 2 amide bonds. The second kappa shape index (κ2) is 8.16. The van der Waals surface area contributed by atoms with Gasteiger partial charge in [0, 0.05) is 24.8 Å². The molecule has 0 aliphatic heterocycles. The third-order valence-electron chi connectivity index (χ3n) is 3.53. The standard InChI is InChI=1S/C20H22F2N2O3/c1-20(2,3)27-19(26)23-15-8-6-14(7-9-15)18(25)24(4)12-13-5-10-16(21)17(22)11-13/h5-11H,12H2,1-4H3,(H,23,26). The Kier molecular flexibility index (Phi) is 6.15. The Bertz CT molecular complexity index is 830. The fourth-order valence-electron chi connectivity index (χ4n) is 2.32. The summed E-state index contributed by atoms with van der Waals surface area (Å²) in [5.74, 6) is -2.17. The molecular formula is C20H22F2N2O3. The van der Waals surface area contributed by atoms with Crippen LogP contribution in [0.2, 0.25) is 0 Å². The molecule has 0 aromatic heterocycles. The molecule has 2 aromatic rings. The van der Waals surface area contributed by atoms with Crippen LogP contribution in [0.3, 0.4) is 0 Å². The summed E-state index contributed by atoms with van der Waals surface area (Å²) in [6, 6.07) is 9.82. The Hall–Kier alpha value is -2.96. The Labute approximate surface area is 156 Å². The van der Waals surface area contributed by atoms with Gasteiger partial charge in [0.25, 0.3) is 5.91 Å². The molecule has 0 heterocycles. The van der Waals surface area contributed by atoms with Gasteiger partial charge in [0.05, 0.1) is 0 Å². The molecule has 0 unspecified atom stereocenters. The van der Waals surface area contributed by atoms with Crippen LogP contribution in [0.4, 0.5) is 19.3 Å². The summed E-state index contributed by atoms with van der Waals surface area (Å²) in [5, 5.41) is 2.58. The van der Waals surface area contributed by atoms with Gasteiger partial charge in [-0.2, -0.15) is 0 Å². The SMILES string of the molecule is CN(Cc1ccc(F)c(F)c1)C(=O)c1ccc(NC(=O)OC(C)(C)C)cc1. The van der Waals surface area contributed by atoms with Crippen LogP contribution in [0, 0.1) is 11.6 Å². The fourth-order valence-corrected chi connectivity index (χ4v) is 2.32. The first-order valence-corrected chi connectivity index (χ1v) is 8.34. The monoisotopic (exact) mass is 376 g/mol. The molecule has 0 aliphatic rings. The molecule has 27 heavy (non-hydrogen) atoms. The minimum atomic E-state index is -0.953. The molecule has 0 saturated heterocycles. The summed E-state index contributed by atoms with van der Waals surface area (Å²) < 4.78 is 31.4. The first-order chi connectivity index (χ1) is 12.5. The van der Waals surface area contributed by atoms with E-state index >= 15 is 0 Å². The number of nitrogens with one attached hydrogen (secondary N) is 1. The molecule has 0 bridgehead atoms. The molecule has 0 aliphatic carbocycles. The lowest BCUT2D eigenvalue weighted by Gasteiger charge is -2.20. The van der Waals surface area contributed by atoms with Crippen LogP contribution in [-0.4, -0.2) is 29.5 Å². The molecule has 0 spiro atoms. The lowest BCUT2D eigenvalue weighted by molar-refractivity contribution is 0.0635. The molecular weight excluding hydrogens is 354 g/mol. The highest BCUT2D eigenvalue weighted by Crippen LogP contribution is 2.16. The van der Waals surface area contributed by atoms with Gasteiger partial charge in [-0.1, -0.05) is 6.07 Å². The van der Waals surface area contributed by atoms with Gasteiger partial charge in [0.15, 0.2) is 11.6 Å². The van der Waals surface area contributed by atoms with Crippen LogP contribution in [0.25, 0.3) is 0 Å². The molecule has 0 atom stereocenters. The minimum absolute atomic E-state index is 0.133. The van der Waals surface area contributed by atoms with Crippen molar-refractivity contribution in [3.05, 3.63) is 65.2 Å². The number of carbonyl (C=O) groups excluding carboxylic acids is 2. The first kappa shape index (κ1) is 20.4. The van der Waals surface area contributed by atoms with Crippen molar-refractivity contribution in [2.45, 2.75) is 32.9 Å². The second-order valence-electron chi connectivity index (χ2n) is 7.11. The molecule has 2 rings (SSSR count). The number of carbonyl (C=O) groups is 2. The largest absolute Gasteiger partial charge is 0.444 e. The average Bonchev–Trinajstić information content (AvgIpc) is 2.56. The Morgan fingerprint density at radius 1 is 1.04 bits per heavy atom. The van der Waals surface area contributed by atoms with Crippen molar-refractivity contribution in [3.8, 4) is 0 Å². The zero-order valence-electron chi connectivity index (χ0n) is 15.7. The van der Waals surface area contributed by atoms with E-state index in [-0.39, 0.29) is 12.5 Å². The average molecular weight is 376 g/mol. The fraction of sp³-hybridized carbons (Fsp3) is 0.300. The molecule has 1 N–H and O–H groups in total. The number of hydrogen-bond donors (Lipinski definition) is 1. The lowest BCUT2D eigenvalue weighted by atomic mass is 10.1. The number of rotatable bonds is 4. The van der Waals surface area contributed by atoms with E-state index in [2.05, 4.69) is 5.32 Å². The molecule has 0 fully saturated rings. The van der Waals surface area contributed by atoms with E-state index in [0.29, 0.717) is 16.8 Å². The van der Waals surface area contributed by atoms with Gasteiger partial charge >= 0.3 is 6.09 Å². The number of anilines is 1. The lowest BCUT2D eigenvalue weighted by Crippen LogP contribution is -2.27. The summed E-state index contributed by atoms with van der Waals surface area (Å²) >= 11 is 0. The normalized spacial score (nSPS) is 11.0. The molecule has 5 nitrogen and oxygen atoms in total. The molecule has 2 aromatic carbocycles. The van der Waals surface area contributed by atoms with Gasteiger partial charge in [-0.05, 0) is 62.7 Å². The van der Waals surface area contributed by atoms with Crippen molar-refractivity contribution in [1.82, 2.24) is 4.90 Å². The Balaban J connectivity index is 1.99. The van der Waals surface area contributed by atoms with Crippen molar-refractivity contribution in [2.24, 2.45) is 0 Å². The van der Waals surface area contributed by atoms with Crippen molar-refractivity contribution in [1.29, 1.82) is 0 Å². The Morgan fingerprint density at radius 3 is 2.22 bits per heavy atom. The topological polar surface area (TPSA) is 58.6 Å². The third kappa shape index (κ3) is 6.06. The van der Waals surface area contributed by atoms with E-state index in [4.69, 9.17) is 4.74 Å². The zero-order valence-corrected chi connectivity index (χ0v) is 15.7. The number of amides is 2. The van der Waals surface area contributed by atoms with E-state index < -0.39 is 23.3 Å². The predicted octanol–water partition coefficient (Wildman–Crippen LogP) is 4.58. The molecule has 0 saturated carbocycles. The van der Waals surface area contributed by atoms with E-state index in [1.165, 1.54) is 11.0 Å². The summed E-state index contributed by atoms with van der Waals surface area (Å²) in [5.41, 5.74) is 0.759. The van der Waals surface area contributed by atoms with Crippen LogP contribution >= 0.6 is 0 Å². The molecule has 0 radical (unpaired) electrons. The molecule has 144 valence electrons. The summed E-state index contributed by atoms with van der Waals surface area (Å²) in [6.45, 7) is 5.42. The van der Waals surface area contributed by atoms with E-state index in [0.717, 1.165) is 12.1 Å². The van der Waals surface area contributed by atoms with Crippen molar-refractivity contribution in [2.75, 3.05) is 12.4 Å². The van der Waals surface area contributed by atoms with E-state index in [1.54, 1.807) is 52.1 Å². The van der Waals surface area contributed by atoms with Crippen LogP contribution in [0.15, 0.2) is 42.5 Å². The van der Waals surface area contributed by atoms with Gasteiger partial charge in [0.1, 0.15) is 5.60 Å². The van der Waals surface area contributed by atoms with Crippen molar-refractivity contribution in [3.63, 3.8) is 0 Å². The van der Waals surface area contributed by atoms with Gasteiger partial charge in [-0.3, -0.25) is 10.1 Å². The maximum absolute atomic E-state index is 13.3. The van der Waals surface area contributed by atoms with Crippen LogP contribution in [0.1, 0.15) is 36.7 Å². The van der Waals surface area contributed by atoms with Crippen LogP contribution in [-0.2, 0) is 11.3 Å². The van der Waals surface area contributed by atoms with E-state index in [1.807, 2.05) is 0 Å². The van der Waals surface area contributed by atoms with Gasteiger partial charge in [-0.15, -0.1) is 0 Å². The maximum Gasteiger partial charge on any atom is 0.412 e. The minimum Gasteiger partial charge on any atom is -0.444 e. The summed E-state index contributed by atoms with van der Waals surface area (Å²) in [7, 11) is 1.57. The van der Waals surface area contributed by atoms with Gasteiger partial charge in [0.2, 0.25) is 0 Å². The number of nitrogens with zero attached hydrogens (tertiary/aromatic N) is 1. The number of ether oxygens (including phenoxy) is 1. The highest BCUT2D eigenvalue weighted by Gasteiger charge is 2.17. The highest BCUT2D eigenvalue weighted by atomic mass is 19.2. The van der Waals surface area contributed by atoms with Crippen molar-refractivity contribution < 1.29 is 23.1 Å². The van der Waals surface area contributed by atoms with E-state index in [9.17, 15) is 18.4 Å². The number of benzene rings is 2. The van der Waals surface area contributed by atoms with Gasteiger partial charge in [-0.25, -0.2) is 13.6 Å². The Morgan fingerprint density at radius 2 is 1.67 bits per heavy atom. The summed E-state index contributed by atoms with van der Waals surface area (Å²) in [6.07, 6.45) is -0.586. The van der Waals surface area contributed by atoms with Crippen LogP contribution < -0.4 is 5.32 Å². The second-order valence-corrected chi connectivity index (χ2v) is 7.11. The quantitative estimate of drug-likeness (QED) is 0.849. The number of halogens is 2. The molecule has 7 heteroatoms. The summed E-state index contributed by atoms with van der Waals surface area (Å²) in [4.78, 5) is 25.6. The van der Waals surface area contributed by atoms with Gasteiger partial charge < -0.3 is 9.64 Å². The smallest absolute Gasteiger partial charge is 0.412 e. The highest BCUT2D eigenvalue weighted by molar-refractivity contribution is 5.95. The predicted molar refractivity (Wildman–Crippen MR) is 98.5 cm³/mol.